The standard InChI is InChI=1S/C41H32N2/c1-2-39-42-37-18-10-11-19-38(37)43(39)32-26-24-31(25-27-32)41-35-16-8-6-14-33(35)40(34-15-7-9-17-36(34)41)30-22-20-29(21-23-30)28-12-4-3-5-13-28/h3-27,39,42H,2H2,1H3. The third-order valence-corrected chi connectivity index (χ3v) is 8.83. The van der Waals surface area contributed by atoms with Gasteiger partial charge in [-0.05, 0) is 85.6 Å². The van der Waals surface area contributed by atoms with Crippen LogP contribution >= 0.6 is 0 Å². The Balaban J connectivity index is 1.27. The molecule has 1 aliphatic rings. The van der Waals surface area contributed by atoms with E-state index in [1.54, 1.807) is 0 Å². The lowest BCUT2D eigenvalue weighted by atomic mass is 9.85. The molecule has 1 aliphatic heterocycles. The van der Waals surface area contributed by atoms with Crippen molar-refractivity contribution in [3.05, 3.63) is 152 Å². The third-order valence-electron chi connectivity index (χ3n) is 8.83. The Bertz CT molecular complexity index is 2020. The third kappa shape index (κ3) is 4.26. The predicted molar refractivity (Wildman–Crippen MR) is 184 cm³/mol. The lowest BCUT2D eigenvalue weighted by molar-refractivity contribution is 0.728. The minimum atomic E-state index is 0.248. The molecule has 0 bridgehead atoms. The van der Waals surface area contributed by atoms with Crippen LogP contribution in [-0.2, 0) is 0 Å². The van der Waals surface area contributed by atoms with Crippen LogP contribution in [0.25, 0.3) is 54.9 Å². The molecule has 0 aliphatic carbocycles. The molecule has 7 aromatic rings. The highest BCUT2D eigenvalue weighted by atomic mass is 15.3. The van der Waals surface area contributed by atoms with Gasteiger partial charge in [0.05, 0.1) is 11.4 Å². The lowest BCUT2D eigenvalue weighted by Crippen LogP contribution is -2.30. The number of nitrogens with zero attached hydrogens (tertiary/aromatic N) is 1. The Kier molecular flexibility index (Phi) is 6.19. The fraction of sp³-hybridized carbons (Fsp3) is 0.0732. The van der Waals surface area contributed by atoms with Crippen LogP contribution in [0.2, 0.25) is 0 Å². The van der Waals surface area contributed by atoms with Gasteiger partial charge in [-0.1, -0.05) is 134 Å². The molecular formula is C41H32N2. The molecule has 0 spiro atoms. The summed E-state index contributed by atoms with van der Waals surface area (Å²) in [5, 5.41) is 8.78. The normalized spacial score (nSPS) is 14.2. The fourth-order valence-electron chi connectivity index (χ4n) is 6.82. The first-order chi connectivity index (χ1) is 21.3. The van der Waals surface area contributed by atoms with Crippen LogP contribution in [0.4, 0.5) is 17.1 Å². The van der Waals surface area contributed by atoms with Gasteiger partial charge in [-0.25, -0.2) is 0 Å². The number of hydrogen-bond donors (Lipinski definition) is 1. The molecule has 1 N–H and O–H groups in total. The molecule has 43 heavy (non-hydrogen) atoms. The second kappa shape index (κ2) is 10.5. The maximum atomic E-state index is 3.69. The van der Waals surface area contributed by atoms with Crippen molar-refractivity contribution in [1.82, 2.24) is 0 Å². The summed E-state index contributed by atoms with van der Waals surface area (Å²) >= 11 is 0. The topological polar surface area (TPSA) is 15.3 Å². The number of anilines is 3. The number of hydrogen-bond acceptors (Lipinski definition) is 2. The van der Waals surface area contributed by atoms with Gasteiger partial charge < -0.3 is 10.2 Å². The van der Waals surface area contributed by atoms with Crippen molar-refractivity contribution in [1.29, 1.82) is 0 Å². The van der Waals surface area contributed by atoms with Gasteiger partial charge >= 0.3 is 0 Å². The van der Waals surface area contributed by atoms with E-state index in [1.165, 1.54) is 72.0 Å². The molecule has 206 valence electrons. The molecule has 0 aromatic heterocycles. The summed E-state index contributed by atoms with van der Waals surface area (Å²) in [6.07, 6.45) is 1.26. The molecule has 2 heteroatoms. The van der Waals surface area contributed by atoms with Crippen LogP contribution in [0.5, 0.6) is 0 Å². The Hall–Kier alpha value is -5.34. The van der Waals surface area contributed by atoms with Crippen molar-refractivity contribution >= 4 is 38.6 Å². The van der Waals surface area contributed by atoms with E-state index >= 15 is 0 Å². The van der Waals surface area contributed by atoms with E-state index in [-0.39, 0.29) is 6.17 Å². The Morgan fingerprint density at radius 1 is 0.465 bits per heavy atom. The SMILES string of the molecule is CCC1Nc2ccccc2N1c1ccc(-c2c3ccccc3c(-c3ccc(-c4ccccc4)cc3)c3ccccc23)cc1. The summed E-state index contributed by atoms with van der Waals surface area (Å²) in [5.74, 6) is 0. The smallest absolute Gasteiger partial charge is 0.104 e. The van der Waals surface area contributed by atoms with Gasteiger partial charge in [0, 0.05) is 5.69 Å². The molecule has 1 heterocycles. The van der Waals surface area contributed by atoms with Gasteiger partial charge in [0.15, 0.2) is 0 Å². The molecule has 1 unspecified atom stereocenters. The summed E-state index contributed by atoms with van der Waals surface area (Å²) < 4.78 is 0. The first-order valence-corrected chi connectivity index (χ1v) is 15.1. The van der Waals surface area contributed by atoms with E-state index < -0.39 is 0 Å². The van der Waals surface area contributed by atoms with Gasteiger partial charge in [-0.15, -0.1) is 0 Å². The summed E-state index contributed by atoms with van der Waals surface area (Å²) in [7, 11) is 0. The second-order valence-electron chi connectivity index (χ2n) is 11.3. The van der Waals surface area contributed by atoms with Gasteiger partial charge in [-0.2, -0.15) is 0 Å². The van der Waals surface area contributed by atoms with Crippen molar-refractivity contribution < 1.29 is 0 Å². The largest absolute Gasteiger partial charge is 0.363 e. The first-order valence-electron chi connectivity index (χ1n) is 15.1. The van der Waals surface area contributed by atoms with Crippen molar-refractivity contribution in [3.8, 4) is 33.4 Å². The number of para-hydroxylation sites is 2. The molecule has 7 aromatic carbocycles. The fourth-order valence-corrected chi connectivity index (χ4v) is 6.82. The molecule has 0 saturated heterocycles. The minimum Gasteiger partial charge on any atom is -0.363 e. The van der Waals surface area contributed by atoms with Crippen LogP contribution in [-0.4, -0.2) is 6.17 Å². The number of nitrogens with one attached hydrogen (secondary N) is 1. The van der Waals surface area contributed by atoms with Gasteiger partial charge in [0.25, 0.3) is 0 Å². The summed E-state index contributed by atoms with van der Waals surface area (Å²) in [5.41, 5.74) is 11.2. The highest BCUT2D eigenvalue weighted by Crippen LogP contribution is 2.45. The zero-order valence-electron chi connectivity index (χ0n) is 24.2. The molecule has 0 fully saturated rings. The number of fused-ring (bicyclic) bond motifs is 3. The van der Waals surface area contributed by atoms with Crippen LogP contribution in [0, 0.1) is 0 Å². The van der Waals surface area contributed by atoms with Crippen LogP contribution in [0.15, 0.2) is 152 Å². The quantitative estimate of drug-likeness (QED) is 0.214. The van der Waals surface area contributed by atoms with Crippen molar-refractivity contribution in [2.24, 2.45) is 0 Å². The average Bonchev–Trinajstić information content (AvgIpc) is 3.47. The predicted octanol–water partition coefficient (Wildman–Crippen LogP) is 11.3. The Morgan fingerprint density at radius 2 is 0.907 bits per heavy atom. The van der Waals surface area contributed by atoms with Crippen LogP contribution in [0.1, 0.15) is 13.3 Å². The molecule has 2 nitrogen and oxygen atoms in total. The summed E-state index contributed by atoms with van der Waals surface area (Å²) in [6.45, 7) is 2.24. The zero-order chi connectivity index (χ0) is 28.8. The monoisotopic (exact) mass is 552 g/mol. The van der Waals surface area contributed by atoms with E-state index in [1.807, 2.05) is 0 Å². The van der Waals surface area contributed by atoms with E-state index in [9.17, 15) is 0 Å². The van der Waals surface area contributed by atoms with Crippen LogP contribution in [0.3, 0.4) is 0 Å². The molecule has 1 atom stereocenters. The molecule has 8 rings (SSSR count). The highest BCUT2D eigenvalue weighted by molar-refractivity contribution is 6.21. The van der Waals surface area contributed by atoms with Gasteiger partial charge in [0.2, 0.25) is 0 Å². The van der Waals surface area contributed by atoms with Crippen molar-refractivity contribution in [2.45, 2.75) is 19.5 Å². The number of benzene rings is 7. The summed E-state index contributed by atoms with van der Waals surface area (Å²) in [4.78, 5) is 2.43. The maximum absolute atomic E-state index is 3.69. The van der Waals surface area contributed by atoms with E-state index in [2.05, 4.69) is 169 Å². The van der Waals surface area contributed by atoms with E-state index in [0.717, 1.165) is 6.42 Å². The average molecular weight is 553 g/mol. The zero-order valence-corrected chi connectivity index (χ0v) is 24.2. The van der Waals surface area contributed by atoms with Gasteiger partial charge in [0.1, 0.15) is 6.17 Å². The molecule has 0 amide bonds. The Labute approximate surface area is 252 Å². The van der Waals surface area contributed by atoms with Crippen LogP contribution < -0.4 is 10.2 Å². The van der Waals surface area contributed by atoms with Crippen molar-refractivity contribution in [3.63, 3.8) is 0 Å². The second-order valence-corrected chi connectivity index (χ2v) is 11.3. The van der Waals surface area contributed by atoms with Crippen molar-refractivity contribution in [2.75, 3.05) is 10.2 Å². The molecular weight excluding hydrogens is 520 g/mol. The summed E-state index contributed by atoms with van der Waals surface area (Å²) in [6, 6.07) is 55.1. The maximum Gasteiger partial charge on any atom is 0.104 e. The van der Waals surface area contributed by atoms with Gasteiger partial charge in [-0.3, -0.25) is 0 Å². The first kappa shape index (κ1) is 25.4. The highest BCUT2D eigenvalue weighted by Gasteiger charge is 2.28. The Morgan fingerprint density at radius 3 is 1.47 bits per heavy atom. The van der Waals surface area contributed by atoms with E-state index in [0.29, 0.717) is 0 Å². The van der Waals surface area contributed by atoms with E-state index in [4.69, 9.17) is 0 Å². The number of rotatable bonds is 5. The lowest BCUT2D eigenvalue weighted by Gasteiger charge is -2.26. The molecule has 0 radical (unpaired) electrons. The minimum absolute atomic E-state index is 0.248. The molecule has 0 saturated carbocycles.